The fraction of sp³-hybridized carbons (Fsp3) is 0.632. The van der Waals surface area contributed by atoms with Crippen molar-refractivity contribution in [2.24, 2.45) is 11.8 Å². The number of benzene rings is 1. The van der Waals surface area contributed by atoms with Crippen molar-refractivity contribution < 1.29 is 14.3 Å². The molecule has 4 nitrogen and oxygen atoms in total. The number of carbonyl (C=O) groups excluding carboxylic acids is 1. The molecule has 1 fully saturated rings. The number of rotatable bonds is 7. The summed E-state index contributed by atoms with van der Waals surface area (Å²) >= 11 is 0. The van der Waals surface area contributed by atoms with E-state index in [2.05, 4.69) is 31.3 Å². The SMILES string of the molecule is CC(C)CC(=O)NCCC(c1ccc2c(c1)OCCO2)C1CC1. The maximum absolute atomic E-state index is 11.8. The molecule has 0 radical (unpaired) electrons. The zero-order chi connectivity index (χ0) is 16.2. The zero-order valence-corrected chi connectivity index (χ0v) is 14.1. The minimum Gasteiger partial charge on any atom is -0.486 e. The molecule has 0 aromatic heterocycles. The lowest BCUT2D eigenvalue weighted by molar-refractivity contribution is -0.121. The van der Waals surface area contributed by atoms with Crippen LogP contribution in [0.4, 0.5) is 0 Å². The first-order valence-corrected chi connectivity index (χ1v) is 8.79. The van der Waals surface area contributed by atoms with Gasteiger partial charge in [0, 0.05) is 13.0 Å². The van der Waals surface area contributed by atoms with Crippen LogP contribution in [-0.4, -0.2) is 25.7 Å². The molecule has 2 aliphatic rings. The van der Waals surface area contributed by atoms with E-state index in [1.54, 1.807) is 0 Å². The summed E-state index contributed by atoms with van der Waals surface area (Å²) in [5.41, 5.74) is 1.31. The second-order valence-corrected chi connectivity index (χ2v) is 7.08. The van der Waals surface area contributed by atoms with Gasteiger partial charge in [0.25, 0.3) is 0 Å². The van der Waals surface area contributed by atoms with Gasteiger partial charge >= 0.3 is 0 Å². The zero-order valence-electron chi connectivity index (χ0n) is 14.1. The summed E-state index contributed by atoms with van der Waals surface area (Å²) in [5, 5.41) is 3.06. The van der Waals surface area contributed by atoms with Gasteiger partial charge in [-0.15, -0.1) is 0 Å². The van der Waals surface area contributed by atoms with E-state index in [4.69, 9.17) is 9.47 Å². The van der Waals surface area contributed by atoms with E-state index < -0.39 is 0 Å². The van der Waals surface area contributed by atoms with Crippen LogP contribution in [0.5, 0.6) is 11.5 Å². The molecule has 1 aliphatic carbocycles. The van der Waals surface area contributed by atoms with Crippen molar-refractivity contribution in [3.05, 3.63) is 23.8 Å². The van der Waals surface area contributed by atoms with Crippen LogP contribution in [0.15, 0.2) is 18.2 Å². The van der Waals surface area contributed by atoms with Gasteiger partial charge in [-0.1, -0.05) is 19.9 Å². The summed E-state index contributed by atoms with van der Waals surface area (Å²) in [4.78, 5) is 11.8. The monoisotopic (exact) mass is 317 g/mol. The summed E-state index contributed by atoms with van der Waals surface area (Å²) in [6, 6.07) is 6.32. The summed E-state index contributed by atoms with van der Waals surface area (Å²) in [7, 11) is 0. The third-order valence-electron chi connectivity index (χ3n) is 4.56. The van der Waals surface area contributed by atoms with Gasteiger partial charge in [-0.05, 0) is 54.7 Å². The van der Waals surface area contributed by atoms with Crippen molar-refractivity contribution in [2.75, 3.05) is 19.8 Å². The van der Waals surface area contributed by atoms with Crippen LogP contribution >= 0.6 is 0 Å². The molecule has 23 heavy (non-hydrogen) atoms. The summed E-state index contributed by atoms with van der Waals surface area (Å²) in [6.45, 7) is 6.14. The third kappa shape index (κ3) is 4.40. The van der Waals surface area contributed by atoms with Gasteiger partial charge < -0.3 is 14.8 Å². The van der Waals surface area contributed by atoms with Gasteiger partial charge in [0.15, 0.2) is 11.5 Å². The first-order chi connectivity index (χ1) is 11.1. The number of hydrogen-bond donors (Lipinski definition) is 1. The molecular weight excluding hydrogens is 290 g/mol. The molecule has 1 heterocycles. The van der Waals surface area contributed by atoms with E-state index in [-0.39, 0.29) is 5.91 Å². The smallest absolute Gasteiger partial charge is 0.220 e. The Morgan fingerprint density at radius 3 is 2.65 bits per heavy atom. The minimum absolute atomic E-state index is 0.164. The molecule has 0 saturated heterocycles. The maximum atomic E-state index is 11.8. The molecule has 3 rings (SSSR count). The van der Waals surface area contributed by atoms with Crippen LogP contribution in [-0.2, 0) is 4.79 Å². The van der Waals surface area contributed by atoms with Crippen molar-refractivity contribution in [2.45, 2.75) is 45.4 Å². The number of hydrogen-bond acceptors (Lipinski definition) is 3. The summed E-state index contributed by atoms with van der Waals surface area (Å²) < 4.78 is 11.3. The van der Waals surface area contributed by atoms with Gasteiger partial charge in [-0.25, -0.2) is 0 Å². The van der Waals surface area contributed by atoms with E-state index in [0.29, 0.717) is 31.5 Å². The average molecular weight is 317 g/mol. The van der Waals surface area contributed by atoms with Gasteiger partial charge in [-0.3, -0.25) is 4.79 Å². The number of nitrogens with one attached hydrogen (secondary N) is 1. The molecule has 1 aromatic rings. The minimum atomic E-state index is 0.164. The third-order valence-corrected chi connectivity index (χ3v) is 4.56. The molecule has 0 bridgehead atoms. The number of carbonyl (C=O) groups is 1. The molecule has 1 amide bonds. The molecule has 4 heteroatoms. The first-order valence-electron chi connectivity index (χ1n) is 8.79. The summed E-state index contributed by atoms with van der Waals surface area (Å²) in [6.07, 6.45) is 4.18. The Hall–Kier alpha value is -1.71. The topological polar surface area (TPSA) is 47.6 Å². The van der Waals surface area contributed by atoms with Crippen LogP contribution in [0.3, 0.4) is 0 Å². The van der Waals surface area contributed by atoms with Crippen molar-refractivity contribution in [3.63, 3.8) is 0 Å². The van der Waals surface area contributed by atoms with Gasteiger partial charge in [-0.2, -0.15) is 0 Å². The van der Waals surface area contributed by atoms with E-state index in [0.717, 1.165) is 30.4 Å². The Morgan fingerprint density at radius 1 is 1.22 bits per heavy atom. The van der Waals surface area contributed by atoms with Gasteiger partial charge in [0.1, 0.15) is 13.2 Å². The fourth-order valence-electron chi connectivity index (χ4n) is 3.27. The molecule has 1 unspecified atom stereocenters. The van der Waals surface area contributed by atoms with Gasteiger partial charge in [0.2, 0.25) is 5.91 Å². The average Bonchev–Trinajstić information content (AvgIpc) is 3.35. The van der Waals surface area contributed by atoms with Crippen LogP contribution in [0.25, 0.3) is 0 Å². The Balaban J connectivity index is 1.60. The maximum Gasteiger partial charge on any atom is 0.220 e. The van der Waals surface area contributed by atoms with Crippen LogP contribution in [0.1, 0.15) is 51.0 Å². The van der Waals surface area contributed by atoms with E-state index in [1.807, 2.05) is 6.07 Å². The van der Waals surface area contributed by atoms with Crippen LogP contribution in [0.2, 0.25) is 0 Å². The molecule has 126 valence electrons. The number of fused-ring (bicyclic) bond motifs is 1. The number of ether oxygens (including phenoxy) is 2. The van der Waals surface area contributed by atoms with Crippen LogP contribution in [0, 0.1) is 11.8 Å². The van der Waals surface area contributed by atoms with E-state index in [9.17, 15) is 4.79 Å². The molecule has 1 atom stereocenters. The molecule has 1 aromatic carbocycles. The highest BCUT2D eigenvalue weighted by atomic mass is 16.6. The van der Waals surface area contributed by atoms with Crippen molar-refractivity contribution in [1.29, 1.82) is 0 Å². The van der Waals surface area contributed by atoms with E-state index >= 15 is 0 Å². The van der Waals surface area contributed by atoms with Crippen LogP contribution < -0.4 is 14.8 Å². The summed E-state index contributed by atoms with van der Waals surface area (Å²) in [5.74, 6) is 3.54. The fourth-order valence-corrected chi connectivity index (χ4v) is 3.27. The highest BCUT2D eigenvalue weighted by molar-refractivity contribution is 5.76. The number of amides is 1. The molecule has 0 spiro atoms. The Kier molecular flexibility index (Phi) is 5.09. The second kappa shape index (κ2) is 7.24. The van der Waals surface area contributed by atoms with Crippen molar-refractivity contribution >= 4 is 5.91 Å². The second-order valence-electron chi connectivity index (χ2n) is 7.08. The van der Waals surface area contributed by atoms with Crippen molar-refractivity contribution in [1.82, 2.24) is 5.32 Å². The Bertz CT molecular complexity index is 552. The molecule has 1 N–H and O–H groups in total. The normalized spacial score (nSPS) is 17.9. The predicted molar refractivity (Wildman–Crippen MR) is 90.0 cm³/mol. The lowest BCUT2D eigenvalue weighted by Gasteiger charge is -2.22. The largest absolute Gasteiger partial charge is 0.486 e. The molecule has 1 aliphatic heterocycles. The first kappa shape index (κ1) is 16.2. The van der Waals surface area contributed by atoms with Gasteiger partial charge in [0.05, 0.1) is 0 Å². The quantitative estimate of drug-likeness (QED) is 0.837. The van der Waals surface area contributed by atoms with Crippen molar-refractivity contribution in [3.8, 4) is 11.5 Å². The highest BCUT2D eigenvalue weighted by Crippen LogP contribution is 2.46. The lowest BCUT2D eigenvalue weighted by Crippen LogP contribution is -2.27. The highest BCUT2D eigenvalue weighted by Gasteiger charge is 2.32. The molecule has 1 saturated carbocycles. The van der Waals surface area contributed by atoms with E-state index in [1.165, 1.54) is 18.4 Å². The Morgan fingerprint density at radius 2 is 1.96 bits per heavy atom. The predicted octanol–water partition coefficient (Wildman–Crippen LogP) is 3.50. The lowest BCUT2D eigenvalue weighted by atomic mass is 9.90. The Labute approximate surface area is 138 Å². The standard InChI is InChI=1S/C19H27NO3/c1-13(2)11-19(21)20-8-7-16(14-3-4-14)15-5-6-17-18(12-15)23-10-9-22-17/h5-6,12-14,16H,3-4,7-11H2,1-2H3,(H,20,21). The molecular formula is C19H27NO3.